The van der Waals surface area contributed by atoms with Crippen LogP contribution in [0, 0.1) is 5.92 Å². The molecule has 0 fully saturated rings. The zero-order valence-corrected chi connectivity index (χ0v) is 16.8. The number of amides is 1. The lowest BCUT2D eigenvalue weighted by atomic mass is 9.99. The fourth-order valence-electron chi connectivity index (χ4n) is 2.24. The van der Waals surface area contributed by atoms with Crippen LogP contribution in [0.1, 0.15) is 58.5 Å². The average molecular weight is 378 g/mol. The fraction of sp³-hybridized carbons (Fsp3) is 0.526. The quantitative estimate of drug-likeness (QED) is 0.686. The molecule has 26 heavy (non-hydrogen) atoms. The number of alkyl carbamates (subject to hydrolysis) is 1. The number of rotatable bonds is 7. The predicted molar refractivity (Wildman–Crippen MR) is 102 cm³/mol. The monoisotopic (exact) mass is 377 g/mol. The minimum absolute atomic E-state index is 0.134. The summed E-state index contributed by atoms with van der Waals surface area (Å²) in [5, 5.41) is 11.6. The van der Waals surface area contributed by atoms with Gasteiger partial charge < -0.3 is 14.5 Å². The second-order valence-corrected chi connectivity index (χ2v) is 8.12. The number of carbonyl (C=O) groups excluding carboxylic acids is 1. The van der Waals surface area contributed by atoms with Crippen LogP contribution in [0.25, 0.3) is 0 Å². The number of thioether (sulfide) groups is 1. The van der Waals surface area contributed by atoms with Gasteiger partial charge in [0, 0.05) is 5.75 Å². The van der Waals surface area contributed by atoms with E-state index in [1.807, 2.05) is 45.9 Å². The van der Waals surface area contributed by atoms with E-state index in [2.05, 4.69) is 34.6 Å². The highest BCUT2D eigenvalue weighted by Crippen LogP contribution is 2.28. The van der Waals surface area contributed by atoms with Crippen molar-refractivity contribution in [2.24, 2.45) is 5.92 Å². The van der Waals surface area contributed by atoms with Gasteiger partial charge >= 0.3 is 6.09 Å². The Kier molecular flexibility index (Phi) is 7.08. The van der Waals surface area contributed by atoms with Crippen molar-refractivity contribution in [3.63, 3.8) is 0 Å². The summed E-state index contributed by atoms with van der Waals surface area (Å²) in [7, 11) is 0. The molecule has 0 aliphatic carbocycles. The van der Waals surface area contributed by atoms with E-state index in [9.17, 15) is 4.79 Å². The normalized spacial score (nSPS) is 13.9. The van der Waals surface area contributed by atoms with Crippen LogP contribution in [0.3, 0.4) is 0 Å². The number of nitrogens with one attached hydrogen (secondary N) is 1. The standard InChI is InChI=1S/C19H27N3O3S/c1-6-13(2)15(20-17(23)25-19(3,4)5)16-21-22-18(24-16)26-12-14-10-8-7-9-11-14/h7-11,13,15H,6,12H2,1-5H3,(H,20,23)/t13-,15+/m0/s1. The van der Waals surface area contributed by atoms with E-state index in [0.29, 0.717) is 11.1 Å². The summed E-state index contributed by atoms with van der Waals surface area (Å²) < 4.78 is 11.1. The molecule has 1 N–H and O–H groups in total. The van der Waals surface area contributed by atoms with E-state index in [4.69, 9.17) is 9.15 Å². The van der Waals surface area contributed by atoms with E-state index in [0.717, 1.165) is 12.2 Å². The third-order valence-corrected chi connectivity index (χ3v) is 4.67. The van der Waals surface area contributed by atoms with Gasteiger partial charge in [0.05, 0.1) is 0 Å². The van der Waals surface area contributed by atoms with Crippen molar-refractivity contribution >= 4 is 17.9 Å². The van der Waals surface area contributed by atoms with Crippen LogP contribution in [0.2, 0.25) is 0 Å². The van der Waals surface area contributed by atoms with Crippen molar-refractivity contribution in [2.45, 2.75) is 63.7 Å². The molecular weight excluding hydrogens is 350 g/mol. The van der Waals surface area contributed by atoms with E-state index in [1.54, 1.807) is 0 Å². The molecule has 1 aromatic heterocycles. The highest BCUT2D eigenvalue weighted by molar-refractivity contribution is 7.98. The first-order chi connectivity index (χ1) is 12.3. The summed E-state index contributed by atoms with van der Waals surface area (Å²) in [5.41, 5.74) is 0.623. The number of carbonyl (C=O) groups is 1. The van der Waals surface area contributed by atoms with Crippen molar-refractivity contribution in [1.29, 1.82) is 0 Å². The molecule has 7 heteroatoms. The summed E-state index contributed by atoms with van der Waals surface area (Å²) >= 11 is 1.48. The maximum absolute atomic E-state index is 12.2. The Hall–Kier alpha value is -2.02. The zero-order chi connectivity index (χ0) is 19.2. The molecule has 0 bridgehead atoms. The van der Waals surface area contributed by atoms with Crippen LogP contribution in [0.5, 0.6) is 0 Å². The van der Waals surface area contributed by atoms with Crippen LogP contribution in [0.15, 0.2) is 40.0 Å². The van der Waals surface area contributed by atoms with Crippen LogP contribution >= 0.6 is 11.8 Å². The van der Waals surface area contributed by atoms with Gasteiger partial charge in [-0.25, -0.2) is 4.79 Å². The number of benzene rings is 1. The van der Waals surface area contributed by atoms with Gasteiger partial charge in [-0.2, -0.15) is 0 Å². The first-order valence-electron chi connectivity index (χ1n) is 8.78. The molecule has 0 aliphatic heterocycles. The maximum atomic E-state index is 12.2. The van der Waals surface area contributed by atoms with Crippen LogP contribution < -0.4 is 5.32 Å². The Morgan fingerprint density at radius 3 is 2.58 bits per heavy atom. The van der Waals surface area contributed by atoms with Gasteiger partial charge in [-0.1, -0.05) is 62.4 Å². The smallest absolute Gasteiger partial charge is 0.408 e. The first kappa shape index (κ1) is 20.3. The molecule has 0 aliphatic rings. The van der Waals surface area contributed by atoms with Gasteiger partial charge in [0.15, 0.2) is 0 Å². The molecule has 0 radical (unpaired) electrons. The Labute approximate surface area is 159 Å². The van der Waals surface area contributed by atoms with Crippen LogP contribution in [-0.2, 0) is 10.5 Å². The lowest BCUT2D eigenvalue weighted by molar-refractivity contribution is 0.0474. The van der Waals surface area contributed by atoms with E-state index in [1.165, 1.54) is 17.3 Å². The van der Waals surface area contributed by atoms with Gasteiger partial charge in [0.25, 0.3) is 5.22 Å². The summed E-state index contributed by atoms with van der Waals surface area (Å²) in [6.45, 7) is 9.57. The molecule has 1 heterocycles. The Bertz CT molecular complexity index is 698. The molecule has 0 unspecified atom stereocenters. The molecule has 6 nitrogen and oxygen atoms in total. The first-order valence-corrected chi connectivity index (χ1v) is 9.76. The average Bonchev–Trinajstić information content (AvgIpc) is 3.05. The van der Waals surface area contributed by atoms with Crippen LogP contribution in [-0.4, -0.2) is 21.9 Å². The lowest BCUT2D eigenvalue weighted by Gasteiger charge is -2.24. The molecule has 2 atom stereocenters. The largest absolute Gasteiger partial charge is 0.444 e. The molecule has 1 amide bonds. The van der Waals surface area contributed by atoms with Gasteiger partial charge in [0.1, 0.15) is 11.6 Å². The minimum Gasteiger partial charge on any atom is -0.444 e. The van der Waals surface area contributed by atoms with E-state index in [-0.39, 0.29) is 12.0 Å². The Morgan fingerprint density at radius 2 is 1.96 bits per heavy atom. The summed E-state index contributed by atoms with van der Waals surface area (Å²) in [5.74, 6) is 1.28. The van der Waals surface area contributed by atoms with E-state index < -0.39 is 11.7 Å². The highest BCUT2D eigenvalue weighted by atomic mass is 32.2. The van der Waals surface area contributed by atoms with Gasteiger partial charge in [-0.05, 0) is 32.3 Å². The molecule has 2 rings (SSSR count). The van der Waals surface area contributed by atoms with E-state index >= 15 is 0 Å². The second-order valence-electron chi connectivity index (χ2n) is 7.19. The van der Waals surface area contributed by atoms with Gasteiger partial charge in [-0.15, -0.1) is 10.2 Å². The molecule has 0 saturated heterocycles. The van der Waals surface area contributed by atoms with Crippen molar-refractivity contribution in [2.75, 3.05) is 0 Å². The fourth-order valence-corrected chi connectivity index (χ4v) is 2.97. The Balaban J connectivity index is 2.04. The topological polar surface area (TPSA) is 77.2 Å². The maximum Gasteiger partial charge on any atom is 0.408 e. The molecule has 1 aromatic carbocycles. The number of hydrogen-bond donors (Lipinski definition) is 1. The SMILES string of the molecule is CC[C@H](C)[C@@H](NC(=O)OC(C)(C)C)c1nnc(SCc2ccccc2)o1. The van der Waals surface area contributed by atoms with Crippen molar-refractivity contribution in [3.8, 4) is 0 Å². The summed E-state index contributed by atoms with van der Waals surface area (Å²) in [6, 6.07) is 9.70. The third kappa shape index (κ3) is 6.37. The number of nitrogens with zero attached hydrogens (tertiary/aromatic N) is 2. The second kappa shape index (κ2) is 9.07. The third-order valence-electron chi connectivity index (χ3n) is 3.78. The van der Waals surface area contributed by atoms with Crippen molar-refractivity contribution in [3.05, 3.63) is 41.8 Å². The number of hydrogen-bond acceptors (Lipinski definition) is 6. The molecule has 0 spiro atoms. The highest BCUT2D eigenvalue weighted by Gasteiger charge is 2.28. The summed E-state index contributed by atoms with van der Waals surface area (Å²) in [4.78, 5) is 12.2. The molecule has 2 aromatic rings. The van der Waals surface area contributed by atoms with Crippen molar-refractivity contribution in [1.82, 2.24) is 15.5 Å². The number of ether oxygens (including phenoxy) is 1. The zero-order valence-electron chi connectivity index (χ0n) is 16.0. The molecular formula is C19H27N3O3S. The predicted octanol–water partition coefficient (Wildman–Crippen LogP) is 4.97. The Morgan fingerprint density at radius 1 is 1.27 bits per heavy atom. The molecule has 142 valence electrons. The molecule has 0 saturated carbocycles. The van der Waals surface area contributed by atoms with Gasteiger partial charge in [0.2, 0.25) is 5.89 Å². The van der Waals surface area contributed by atoms with Crippen molar-refractivity contribution < 1.29 is 13.9 Å². The van der Waals surface area contributed by atoms with Gasteiger partial charge in [-0.3, -0.25) is 0 Å². The lowest BCUT2D eigenvalue weighted by Crippen LogP contribution is -2.37. The van der Waals surface area contributed by atoms with Crippen LogP contribution in [0.4, 0.5) is 4.79 Å². The number of aromatic nitrogens is 2. The summed E-state index contributed by atoms with van der Waals surface area (Å²) in [6.07, 6.45) is 0.370. The minimum atomic E-state index is -0.560.